The van der Waals surface area contributed by atoms with Gasteiger partial charge in [-0.05, 0) is 42.4 Å². The number of imide groups is 1. The molecule has 2 N–H and O–H groups in total. The molecule has 2 fully saturated rings. The van der Waals surface area contributed by atoms with Crippen molar-refractivity contribution < 1.29 is 14.3 Å². The summed E-state index contributed by atoms with van der Waals surface area (Å²) in [6.45, 7) is 6.17. The smallest absolute Gasteiger partial charge is 0.233 e. The summed E-state index contributed by atoms with van der Waals surface area (Å²) in [4.78, 5) is 31.3. The van der Waals surface area contributed by atoms with Gasteiger partial charge in [0.15, 0.2) is 5.96 Å². The number of hydrogen-bond donors (Lipinski definition) is 2. The third-order valence-corrected chi connectivity index (χ3v) is 7.21. The maximum absolute atomic E-state index is 12.8. The number of halogens is 1. The van der Waals surface area contributed by atoms with E-state index >= 15 is 0 Å². The molecule has 2 aliphatic carbocycles. The van der Waals surface area contributed by atoms with Crippen LogP contribution in [-0.4, -0.2) is 56.5 Å². The molecular formula is C25H35IN4O3. The first-order chi connectivity index (χ1) is 15.4. The first-order valence-corrected chi connectivity index (χ1v) is 11.5. The van der Waals surface area contributed by atoms with Crippen molar-refractivity contribution in [3.63, 3.8) is 0 Å². The van der Waals surface area contributed by atoms with E-state index in [1.54, 1.807) is 14.2 Å². The first-order valence-electron chi connectivity index (χ1n) is 11.5. The lowest BCUT2D eigenvalue weighted by Gasteiger charge is -2.27. The van der Waals surface area contributed by atoms with Crippen molar-refractivity contribution in [2.75, 3.05) is 33.8 Å². The molecule has 1 aliphatic heterocycles. The lowest BCUT2D eigenvalue weighted by atomic mass is 9.84. The minimum absolute atomic E-state index is 0. The number of fused-ring (bicyclic) bond motifs is 5. The molecule has 0 aromatic heterocycles. The standard InChI is InChI=1S/C25H34N4O3.HI/c1-25(2,18-8-10-19(32-4)11-9-18)15-28-24(26-3)27-12-5-13-29-22(30)20-16-6-7-17(14-16)21(20)23(29)31;/h6-11,16-17,20-21H,5,12-15H2,1-4H3,(H2,26,27,28);1H. The van der Waals surface area contributed by atoms with Crippen molar-refractivity contribution in [3.05, 3.63) is 42.0 Å². The second kappa shape index (κ2) is 10.4. The fourth-order valence-corrected chi connectivity index (χ4v) is 5.30. The normalized spacial score (nSPS) is 25.8. The van der Waals surface area contributed by atoms with E-state index in [4.69, 9.17) is 4.74 Å². The highest BCUT2D eigenvalue weighted by atomic mass is 127. The van der Waals surface area contributed by atoms with Crippen LogP contribution in [0.25, 0.3) is 0 Å². The molecule has 8 heteroatoms. The summed E-state index contributed by atoms with van der Waals surface area (Å²) in [5.41, 5.74) is 1.12. The molecule has 4 unspecified atom stereocenters. The van der Waals surface area contributed by atoms with Gasteiger partial charge < -0.3 is 15.4 Å². The van der Waals surface area contributed by atoms with Crippen LogP contribution in [0.15, 0.2) is 41.4 Å². The van der Waals surface area contributed by atoms with Crippen LogP contribution in [-0.2, 0) is 15.0 Å². The average molecular weight is 566 g/mol. The number of methoxy groups -OCH3 is 1. The van der Waals surface area contributed by atoms with Gasteiger partial charge in [-0.2, -0.15) is 0 Å². The predicted molar refractivity (Wildman–Crippen MR) is 140 cm³/mol. The molecule has 7 nitrogen and oxygen atoms in total. The second-order valence-corrected chi connectivity index (χ2v) is 9.65. The molecule has 1 heterocycles. The minimum Gasteiger partial charge on any atom is -0.497 e. The number of amides is 2. The zero-order chi connectivity index (χ0) is 22.9. The van der Waals surface area contributed by atoms with Crippen molar-refractivity contribution in [2.45, 2.75) is 32.1 Å². The van der Waals surface area contributed by atoms with Crippen LogP contribution in [0.3, 0.4) is 0 Å². The third kappa shape index (κ3) is 5.05. The summed E-state index contributed by atoms with van der Waals surface area (Å²) >= 11 is 0. The number of benzene rings is 1. The Hall–Kier alpha value is -2.10. The Balaban J connectivity index is 0.00000306. The Labute approximate surface area is 213 Å². The minimum atomic E-state index is -0.111. The lowest BCUT2D eigenvalue weighted by molar-refractivity contribution is -0.140. The SMILES string of the molecule is CN=C(NCCCN1C(=O)C2C3C=CC(C3)C2C1=O)NCC(C)(C)c1ccc(OC)cc1.I. The Morgan fingerprint density at radius 3 is 2.24 bits per heavy atom. The average Bonchev–Trinajstić information content (AvgIpc) is 3.48. The van der Waals surface area contributed by atoms with Gasteiger partial charge in [0.05, 0.1) is 18.9 Å². The van der Waals surface area contributed by atoms with E-state index in [9.17, 15) is 9.59 Å². The van der Waals surface area contributed by atoms with E-state index in [0.29, 0.717) is 32.0 Å². The summed E-state index contributed by atoms with van der Waals surface area (Å²) in [7, 11) is 3.41. The molecule has 2 bridgehead atoms. The molecule has 0 spiro atoms. The molecule has 1 saturated carbocycles. The Bertz CT molecular complexity index is 898. The number of nitrogens with one attached hydrogen (secondary N) is 2. The van der Waals surface area contributed by atoms with Gasteiger partial charge in [-0.3, -0.25) is 19.5 Å². The zero-order valence-electron chi connectivity index (χ0n) is 19.8. The molecular weight excluding hydrogens is 531 g/mol. The molecule has 4 atom stereocenters. The molecule has 180 valence electrons. The van der Waals surface area contributed by atoms with E-state index in [-0.39, 0.29) is 64.9 Å². The van der Waals surface area contributed by atoms with E-state index < -0.39 is 0 Å². The van der Waals surface area contributed by atoms with Crippen molar-refractivity contribution in [1.82, 2.24) is 15.5 Å². The van der Waals surface area contributed by atoms with Crippen LogP contribution in [0.5, 0.6) is 5.75 Å². The summed E-state index contributed by atoms with van der Waals surface area (Å²) in [5.74, 6) is 1.92. The van der Waals surface area contributed by atoms with Crippen molar-refractivity contribution in [1.29, 1.82) is 0 Å². The fraction of sp³-hybridized carbons (Fsp3) is 0.560. The van der Waals surface area contributed by atoms with E-state index in [1.807, 2.05) is 12.1 Å². The summed E-state index contributed by atoms with van der Waals surface area (Å²) < 4.78 is 5.24. The monoisotopic (exact) mass is 566 g/mol. The number of hydrogen-bond acceptors (Lipinski definition) is 4. The first kappa shape index (κ1) is 25.5. The Morgan fingerprint density at radius 1 is 1.09 bits per heavy atom. The number of guanidine groups is 1. The number of allylic oxidation sites excluding steroid dienone is 2. The molecule has 1 saturated heterocycles. The molecule has 33 heavy (non-hydrogen) atoms. The van der Waals surface area contributed by atoms with E-state index in [1.165, 1.54) is 10.5 Å². The second-order valence-electron chi connectivity index (χ2n) is 9.65. The third-order valence-electron chi connectivity index (χ3n) is 7.21. The van der Waals surface area contributed by atoms with Gasteiger partial charge in [0.1, 0.15) is 5.75 Å². The number of carbonyl (C=O) groups excluding carboxylic acids is 2. The predicted octanol–water partition coefficient (Wildman–Crippen LogP) is 2.95. The Morgan fingerprint density at radius 2 is 1.70 bits per heavy atom. The highest BCUT2D eigenvalue weighted by Crippen LogP contribution is 2.52. The number of ether oxygens (including phenoxy) is 1. The van der Waals surface area contributed by atoms with E-state index in [0.717, 1.165) is 12.2 Å². The number of carbonyl (C=O) groups is 2. The van der Waals surface area contributed by atoms with Crippen molar-refractivity contribution >= 4 is 41.8 Å². The van der Waals surface area contributed by atoms with Crippen LogP contribution < -0.4 is 15.4 Å². The Kier molecular flexibility index (Phi) is 8.08. The largest absolute Gasteiger partial charge is 0.497 e. The van der Waals surface area contributed by atoms with Gasteiger partial charge >= 0.3 is 0 Å². The maximum Gasteiger partial charge on any atom is 0.233 e. The maximum atomic E-state index is 12.8. The van der Waals surface area contributed by atoms with Gasteiger partial charge in [0.2, 0.25) is 11.8 Å². The van der Waals surface area contributed by atoms with E-state index in [2.05, 4.69) is 53.8 Å². The zero-order valence-corrected chi connectivity index (χ0v) is 22.2. The van der Waals surface area contributed by atoms with Crippen LogP contribution in [0.4, 0.5) is 0 Å². The topological polar surface area (TPSA) is 83.0 Å². The number of aliphatic imine (C=N–C) groups is 1. The summed E-state index contributed by atoms with van der Waals surface area (Å²) in [6, 6.07) is 8.11. The highest BCUT2D eigenvalue weighted by molar-refractivity contribution is 14.0. The highest BCUT2D eigenvalue weighted by Gasteiger charge is 2.58. The fourth-order valence-electron chi connectivity index (χ4n) is 5.30. The molecule has 1 aromatic rings. The molecule has 4 rings (SSSR count). The van der Waals surface area contributed by atoms with Crippen LogP contribution >= 0.6 is 24.0 Å². The molecule has 2 amide bonds. The van der Waals surface area contributed by atoms with Crippen LogP contribution in [0.2, 0.25) is 0 Å². The quantitative estimate of drug-likeness (QED) is 0.126. The van der Waals surface area contributed by atoms with Crippen molar-refractivity contribution in [2.24, 2.45) is 28.7 Å². The van der Waals surface area contributed by atoms with Gasteiger partial charge in [-0.1, -0.05) is 38.1 Å². The number of likely N-dealkylation sites (tertiary alicyclic amines) is 1. The van der Waals surface area contributed by atoms with Crippen LogP contribution in [0, 0.1) is 23.7 Å². The number of rotatable bonds is 8. The number of nitrogens with zero attached hydrogens (tertiary/aromatic N) is 2. The van der Waals surface area contributed by atoms with Gasteiger partial charge in [0, 0.05) is 32.1 Å². The molecule has 1 aromatic carbocycles. The van der Waals surface area contributed by atoms with Gasteiger partial charge in [-0.15, -0.1) is 24.0 Å². The molecule has 3 aliphatic rings. The lowest BCUT2D eigenvalue weighted by Crippen LogP contribution is -2.44. The summed E-state index contributed by atoms with van der Waals surface area (Å²) in [6.07, 6.45) is 5.93. The van der Waals surface area contributed by atoms with Crippen LogP contribution in [0.1, 0.15) is 32.3 Å². The van der Waals surface area contributed by atoms with Crippen molar-refractivity contribution in [3.8, 4) is 5.75 Å². The summed E-state index contributed by atoms with van der Waals surface area (Å²) in [5, 5.41) is 6.69. The molecule has 0 radical (unpaired) electrons. The van der Waals surface area contributed by atoms with Gasteiger partial charge in [-0.25, -0.2) is 0 Å². The van der Waals surface area contributed by atoms with Gasteiger partial charge in [0.25, 0.3) is 0 Å².